The van der Waals surface area contributed by atoms with Crippen LogP contribution in [0.3, 0.4) is 0 Å². The highest BCUT2D eigenvalue weighted by atomic mass is 32.1. The Bertz CT molecular complexity index is 379. The quantitative estimate of drug-likeness (QED) is 0.793. The molecule has 0 spiro atoms. The Morgan fingerprint density at radius 2 is 2.19 bits per heavy atom. The predicted molar refractivity (Wildman–Crippen MR) is 70.9 cm³/mol. The first kappa shape index (κ1) is 12.9. The lowest BCUT2D eigenvalue weighted by molar-refractivity contribution is 0.355. The van der Waals surface area contributed by atoms with Gasteiger partial charge in [0.15, 0.2) is 0 Å². The predicted octanol–water partition coefficient (Wildman–Crippen LogP) is 1.72. The maximum absolute atomic E-state index is 5.51. The Morgan fingerprint density at radius 1 is 1.50 bits per heavy atom. The summed E-state index contributed by atoms with van der Waals surface area (Å²) in [6.45, 7) is 3.46. The van der Waals surface area contributed by atoms with E-state index in [1.165, 1.54) is 5.56 Å². The first-order valence-electron chi connectivity index (χ1n) is 5.13. The van der Waals surface area contributed by atoms with Crippen molar-refractivity contribution < 1.29 is 4.74 Å². The summed E-state index contributed by atoms with van der Waals surface area (Å²) >= 11 is 4.88. The third-order valence-corrected chi connectivity index (χ3v) is 2.43. The molecule has 0 aliphatic carbocycles. The van der Waals surface area contributed by atoms with Gasteiger partial charge >= 0.3 is 0 Å². The molecular weight excluding hydrogens is 220 g/mol. The van der Waals surface area contributed by atoms with Gasteiger partial charge in [0.05, 0.1) is 12.1 Å². The number of hydrogen-bond acceptors (Lipinski definition) is 3. The molecule has 0 unspecified atom stereocenters. The average Bonchev–Trinajstić information content (AvgIpc) is 2.16. The van der Waals surface area contributed by atoms with E-state index in [0.717, 1.165) is 17.9 Å². The van der Waals surface area contributed by atoms with Gasteiger partial charge in [-0.05, 0) is 20.0 Å². The lowest BCUT2D eigenvalue weighted by Gasteiger charge is -2.18. The standard InChI is InChI=1S/C12H18N2OS/c1-9-4-5-11(15-3)10(6-9)7-14(2)8-12(13)16/h4-6H,7-8H2,1-3H3,(H2,13,16). The first-order chi connectivity index (χ1) is 7.52. The molecule has 0 heterocycles. The minimum absolute atomic E-state index is 0.508. The van der Waals surface area contributed by atoms with E-state index in [2.05, 4.69) is 17.9 Å². The molecule has 88 valence electrons. The van der Waals surface area contributed by atoms with Crippen molar-refractivity contribution in [3.63, 3.8) is 0 Å². The molecule has 0 saturated carbocycles. The number of hydrogen-bond donors (Lipinski definition) is 1. The molecule has 0 aromatic heterocycles. The normalized spacial score (nSPS) is 10.5. The van der Waals surface area contributed by atoms with Crippen molar-refractivity contribution in [1.82, 2.24) is 4.90 Å². The lowest BCUT2D eigenvalue weighted by Crippen LogP contribution is -2.29. The van der Waals surface area contributed by atoms with Gasteiger partial charge in [0, 0.05) is 18.7 Å². The van der Waals surface area contributed by atoms with E-state index in [1.807, 2.05) is 19.2 Å². The molecule has 4 heteroatoms. The van der Waals surface area contributed by atoms with Crippen molar-refractivity contribution in [2.45, 2.75) is 13.5 Å². The molecule has 0 radical (unpaired) electrons. The molecule has 2 N–H and O–H groups in total. The van der Waals surface area contributed by atoms with E-state index in [4.69, 9.17) is 22.7 Å². The van der Waals surface area contributed by atoms with Gasteiger partial charge in [-0.3, -0.25) is 4.90 Å². The van der Waals surface area contributed by atoms with Gasteiger partial charge in [0.2, 0.25) is 0 Å². The van der Waals surface area contributed by atoms with Crippen LogP contribution in [0.5, 0.6) is 5.75 Å². The molecule has 1 aromatic carbocycles. The SMILES string of the molecule is COc1ccc(C)cc1CN(C)CC(N)=S. The van der Waals surface area contributed by atoms with Crippen LogP contribution < -0.4 is 10.5 Å². The smallest absolute Gasteiger partial charge is 0.123 e. The van der Waals surface area contributed by atoms with Gasteiger partial charge in [-0.25, -0.2) is 0 Å². The highest BCUT2D eigenvalue weighted by molar-refractivity contribution is 7.80. The summed E-state index contributed by atoms with van der Waals surface area (Å²) in [6.07, 6.45) is 0. The Hall–Kier alpha value is -1.13. The summed E-state index contributed by atoms with van der Waals surface area (Å²) in [4.78, 5) is 2.58. The van der Waals surface area contributed by atoms with E-state index in [9.17, 15) is 0 Å². The zero-order chi connectivity index (χ0) is 12.1. The van der Waals surface area contributed by atoms with Crippen LogP contribution in [0.4, 0.5) is 0 Å². The molecular formula is C12H18N2OS. The van der Waals surface area contributed by atoms with Crippen LogP contribution in [0.1, 0.15) is 11.1 Å². The van der Waals surface area contributed by atoms with Crippen LogP contribution in [-0.4, -0.2) is 30.6 Å². The van der Waals surface area contributed by atoms with Gasteiger partial charge in [-0.1, -0.05) is 29.9 Å². The van der Waals surface area contributed by atoms with Crippen molar-refractivity contribution in [3.8, 4) is 5.75 Å². The Labute approximate surface area is 102 Å². The van der Waals surface area contributed by atoms with Gasteiger partial charge in [0.25, 0.3) is 0 Å². The van der Waals surface area contributed by atoms with Crippen molar-refractivity contribution in [2.75, 3.05) is 20.7 Å². The first-order valence-corrected chi connectivity index (χ1v) is 5.54. The number of methoxy groups -OCH3 is 1. The number of benzene rings is 1. The number of ether oxygens (including phenoxy) is 1. The van der Waals surface area contributed by atoms with E-state index < -0.39 is 0 Å². The lowest BCUT2D eigenvalue weighted by atomic mass is 10.1. The number of nitrogens with two attached hydrogens (primary N) is 1. The zero-order valence-corrected chi connectivity index (χ0v) is 10.8. The van der Waals surface area contributed by atoms with Crippen molar-refractivity contribution in [1.29, 1.82) is 0 Å². The van der Waals surface area contributed by atoms with Crippen LogP contribution in [0, 0.1) is 6.92 Å². The summed E-state index contributed by atoms with van der Waals surface area (Å²) in [5.41, 5.74) is 7.88. The number of nitrogens with zero attached hydrogens (tertiary/aromatic N) is 1. The van der Waals surface area contributed by atoms with Gasteiger partial charge in [-0.15, -0.1) is 0 Å². The monoisotopic (exact) mass is 238 g/mol. The highest BCUT2D eigenvalue weighted by Crippen LogP contribution is 2.20. The van der Waals surface area contributed by atoms with Crippen molar-refractivity contribution >= 4 is 17.2 Å². The second-order valence-electron chi connectivity index (χ2n) is 3.95. The fourth-order valence-electron chi connectivity index (χ4n) is 1.64. The third kappa shape index (κ3) is 3.79. The van der Waals surface area contributed by atoms with Gasteiger partial charge < -0.3 is 10.5 Å². The molecule has 0 fully saturated rings. The van der Waals surface area contributed by atoms with Gasteiger partial charge in [-0.2, -0.15) is 0 Å². The second-order valence-corrected chi connectivity index (χ2v) is 4.48. The minimum atomic E-state index is 0.508. The molecule has 0 aliphatic heterocycles. The molecule has 0 amide bonds. The summed E-state index contributed by atoms with van der Waals surface area (Å²) in [5.74, 6) is 0.903. The number of likely N-dealkylation sites (N-methyl/N-ethyl adjacent to an activating group) is 1. The molecule has 16 heavy (non-hydrogen) atoms. The fraction of sp³-hybridized carbons (Fsp3) is 0.417. The molecule has 1 aromatic rings. The molecule has 0 atom stereocenters. The Kier molecular flexibility index (Phi) is 4.71. The van der Waals surface area contributed by atoms with Crippen LogP contribution in [0.2, 0.25) is 0 Å². The van der Waals surface area contributed by atoms with E-state index in [-0.39, 0.29) is 0 Å². The number of thiocarbonyl (C=S) groups is 1. The molecule has 0 bridgehead atoms. The van der Waals surface area contributed by atoms with Crippen molar-refractivity contribution in [2.24, 2.45) is 5.73 Å². The number of rotatable bonds is 5. The van der Waals surface area contributed by atoms with Crippen LogP contribution in [0.15, 0.2) is 18.2 Å². The number of aryl methyl sites for hydroxylation is 1. The average molecular weight is 238 g/mol. The maximum Gasteiger partial charge on any atom is 0.123 e. The Balaban J connectivity index is 2.78. The van der Waals surface area contributed by atoms with E-state index >= 15 is 0 Å². The molecule has 0 saturated heterocycles. The summed E-state index contributed by atoms with van der Waals surface area (Å²) in [5, 5.41) is 0. The maximum atomic E-state index is 5.51. The van der Waals surface area contributed by atoms with Gasteiger partial charge in [0.1, 0.15) is 5.75 Å². The Morgan fingerprint density at radius 3 is 2.75 bits per heavy atom. The molecule has 0 aliphatic rings. The second kappa shape index (κ2) is 5.82. The van der Waals surface area contributed by atoms with Crippen molar-refractivity contribution in [3.05, 3.63) is 29.3 Å². The zero-order valence-electron chi connectivity index (χ0n) is 9.99. The topological polar surface area (TPSA) is 38.5 Å². The van der Waals surface area contributed by atoms with Crippen LogP contribution >= 0.6 is 12.2 Å². The molecule has 1 rings (SSSR count). The molecule has 3 nitrogen and oxygen atoms in total. The summed E-state index contributed by atoms with van der Waals surface area (Å²) in [6, 6.07) is 6.14. The highest BCUT2D eigenvalue weighted by Gasteiger charge is 2.07. The summed E-state index contributed by atoms with van der Waals surface area (Å²) in [7, 11) is 3.67. The van der Waals surface area contributed by atoms with Crippen LogP contribution in [0.25, 0.3) is 0 Å². The van der Waals surface area contributed by atoms with E-state index in [0.29, 0.717) is 11.5 Å². The van der Waals surface area contributed by atoms with Crippen LogP contribution in [-0.2, 0) is 6.54 Å². The van der Waals surface area contributed by atoms with E-state index in [1.54, 1.807) is 7.11 Å². The summed E-state index contributed by atoms with van der Waals surface area (Å²) < 4.78 is 5.32. The minimum Gasteiger partial charge on any atom is -0.496 e. The largest absolute Gasteiger partial charge is 0.496 e. The fourth-order valence-corrected chi connectivity index (χ4v) is 1.86. The third-order valence-electron chi connectivity index (χ3n) is 2.30.